The molecule has 1 rings (SSSR count). The van der Waals surface area contributed by atoms with Crippen molar-refractivity contribution in [2.45, 2.75) is 27.7 Å². The molecule has 5 heteroatoms. The summed E-state index contributed by atoms with van der Waals surface area (Å²) < 4.78 is 5.03. The molecule has 0 bridgehead atoms. The summed E-state index contributed by atoms with van der Waals surface area (Å²) in [5, 5.41) is 5.53. The second-order valence-electron chi connectivity index (χ2n) is 5.47. The minimum Gasteiger partial charge on any atom is -0.372 e. The Morgan fingerprint density at radius 2 is 1.75 bits per heavy atom. The van der Waals surface area contributed by atoms with Crippen LogP contribution in [0.25, 0.3) is 0 Å². The van der Waals surface area contributed by atoms with Gasteiger partial charge in [-0.05, 0) is 25.1 Å². The number of hydrogen-bond donors (Lipinski definition) is 2. The number of carbonyl (C=O) groups is 2. The van der Waals surface area contributed by atoms with Crippen molar-refractivity contribution in [2.75, 3.05) is 23.8 Å². The van der Waals surface area contributed by atoms with Crippen LogP contribution in [-0.2, 0) is 14.3 Å². The third kappa shape index (κ3) is 5.40. The quantitative estimate of drug-likeness (QED) is 0.870. The Morgan fingerprint density at radius 3 is 2.30 bits per heavy atom. The van der Waals surface area contributed by atoms with Crippen molar-refractivity contribution in [3.8, 4) is 0 Å². The Morgan fingerprint density at radius 1 is 1.15 bits per heavy atom. The number of ether oxygens (including phenoxy) is 1. The molecule has 0 aromatic heterocycles. The number of hydrogen-bond acceptors (Lipinski definition) is 3. The fraction of sp³-hybridized carbons (Fsp3) is 0.467. The molecule has 20 heavy (non-hydrogen) atoms. The van der Waals surface area contributed by atoms with Gasteiger partial charge in [-0.25, -0.2) is 0 Å². The molecule has 5 nitrogen and oxygen atoms in total. The average Bonchev–Trinajstić information content (AvgIpc) is 2.35. The molecule has 110 valence electrons. The molecular formula is C15H22N2O3. The summed E-state index contributed by atoms with van der Waals surface area (Å²) in [7, 11) is 0. The number of nitrogens with one attached hydrogen (secondary N) is 2. The number of anilines is 2. The van der Waals surface area contributed by atoms with E-state index in [-0.39, 0.29) is 18.4 Å². The lowest BCUT2D eigenvalue weighted by molar-refractivity contribution is -0.123. The SMILES string of the molecule is CCOCC(=O)Nc1cccc(NC(=O)C(C)(C)C)c1. The molecule has 0 unspecified atom stereocenters. The molecule has 0 atom stereocenters. The predicted octanol–water partition coefficient (Wildman–Crippen LogP) is 2.65. The van der Waals surface area contributed by atoms with Crippen LogP contribution in [0.2, 0.25) is 0 Å². The molecular weight excluding hydrogens is 256 g/mol. The molecule has 0 saturated carbocycles. The Bertz CT molecular complexity index is 478. The van der Waals surface area contributed by atoms with Crippen molar-refractivity contribution >= 4 is 23.2 Å². The third-order valence-electron chi connectivity index (χ3n) is 2.52. The molecule has 2 N–H and O–H groups in total. The average molecular weight is 278 g/mol. The summed E-state index contributed by atoms with van der Waals surface area (Å²) in [6.07, 6.45) is 0. The van der Waals surface area contributed by atoms with Crippen LogP contribution in [-0.4, -0.2) is 25.0 Å². The fourth-order valence-electron chi connectivity index (χ4n) is 1.39. The van der Waals surface area contributed by atoms with E-state index >= 15 is 0 Å². The first-order chi connectivity index (χ1) is 9.32. The van der Waals surface area contributed by atoms with E-state index in [9.17, 15) is 9.59 Å². The van der Waals surface area contributed by atoms with Crippen molar-refractivity contribution in [3.63, 3.8) is 0 Å². The van der Waals surface area contributed by atoms with Crippen molar-refractivity contribution in [1.29, 1.82) is 0 Å². The zero-order valence-electron chi connectivity index (χ0n) is 12.4. The van der Waals surface area contributed by atoms with E-state index in [1.54, 1.807) is 24.3 Å². The summed E-state index contributed by atoms with van der Waals surface area (Å²) in [6, 6.07) is 7.03. The van der Waals surface area contributed by atoms with Crippen molar-refractivity contribution < 1.29 is 14.3 Å². The molecule has 0 radical (unpaired) electrons. The van der Waals surface area contributed by atoms with E-state index < -0.39 is 5.41 Å². The maximum atomic E-state index is 11.9. The summed E-state index contributed by atoms with van der Waals surface area (Å²) >= 11 is 0. The number of amides is 2. The van der Waals surface area contributed by atoms with Crippen molar-refractivity contribution in [3.05, 3.63) is 24.3 Å². The van der Waals surface area contributed by atoms with Crippen LogP contribution in [0.4, 0.5) is 11.4 Å². The van der Waals surface area contributed by atoms with Gasteiger partial charge in [-0.1, -0.05) is 26.8 Å². The molecule has 0 saturated heterocycles. The molecule has 2 amide bonds. The third-order valence-corrected chi connectivity index (χ3v) is 2.52. The van der Waals surface area contributed by atoms with E-state index in [2.05, 4.69) is 10.6 Å². The Balaban J connectivity index is 2.66. The highest BCUT2D eigenvalue weighted by Crippen LogP contribution is 2.19. The topological polar surface area (TPSA) is 67.4 Å². The molecule has 1 aromatic rings. The highest BCUT2D eigenvalue weighted by atomic mass is 16.5. The van der Waals surface area contributed by atoms with Crippen molar-refractivity contribution in [1.82, 2.24) is 0 Å². The smallest absolute Gasteiger partial charge is 0.250 e. The van der Waals surface area contributed by atoms with E-state index in [4.69, 9.17) is 4.74 Å². The van der Waals surface area contributed by atoms with E-state index in [1.807, 2.05) is 27.7 Å². The normalized spacial score (nSPS) is 11.0. The maximum absolute atomic E-state index is 11.9. The molecule has 0 fully saturated rings. The lowest BCUT2D eigenvalue weighted by Gasteiger charge is -2.18. The first-order valence-electron chi connectivity index (χ1n) is 6.62. The molecule has 0 aliphatic carbocycles. The van der Waals surface area contributed by atoms with Gasteiger partial charge in [0.15, 0.2) is 0 Å². The number of rotatable bonds is 5. The molecule has 0 aliphatic rings. The van der Waals surface area contributed by atoms with Crippen LogP contribution in [0.1, 0.15) is 27.7 Å². The van der Waals surface area contributed by atoms with Gasteiger partial charge in [-0.15, -0.1) is 0 Å². The first kappa shape index (κ1) is 16.2. The Hall–Kier alpha value is -1.88. The van der Waals surface area contributed by atoms with E-state index in [0.29, 0.717) is 18.0 Å². The van der Waals surface area contributed by atoms with Crippen LogP contribution in [0, 0.1) is 5.41 Å². The van der Waals surface area contributed by atoms with Gasteiger partial charge in [-0.3, -0.25) is 9.59 Å². The van der Waals surface area contributed by atoms with Gasteiger partial charge < -0.3 is 15.4 Å². The van der Waals surface area contributed by atoms with Gasteiger partial charge in [0, 0.05) is 23.4 Å². The molecule has 0 heterocycles. The second kappa shape index (κ2) is 7.05. The van der Waals surface area contributed by atoms with Gasteiger partial charge in [0.25, 0.3) is 0 Å². The Labute approximate surface area is 119 Å². The van der Waals surface area contributed by atoms with Gasteiger partial charge in [-0.2, -0.15) is 0 Å². The highest BCUT2D eigenvalue weighted by Gasteiger charge is 2.21. The van der Waals surface area contributed by atoms with Crippen LogP contribution in [0.3, 0.4) is 0 Å². The largest absolute Gasteiger partial charge is 0.372 e. The predicted molar refractivity (Wildman–Crippen MR) is 79.6 cm³/mol. The number of carbonyl (C=O) groups excluding carboxylic acids is 2. The van der Waals surface area contributed by atoms with E-state index in [1.165, 1.54) is 0 Å². The fourth-order valence-corrected chi connectivity index (χ4v) is 1.39. The van der Waals surface area contributed by atoms with Crippen LogP contribution in [0.5, 0.6) is 0 Å². The van der Waals surface area contributed by atoms with Gasteiger partial charge in [0.05, 0.1) is 0 Å². The minimum atomic E-state index is -0.464. The molecule has 0 aliphatic heterocycles. The summed E-state index contributed by atoms with van der Waals surface area (Å²) in [5.74, 6) is -0.290. The van der Waals surface area contributed by atoms with E-state index in [0.717, 1.165) is 0 Å². The van der Waals surface area contributed by atoms with Gasteiger partial charge >= 0.3 is 0 Å². The summed E-state index contributed by atoms with van der Waals surface area (Å²) in [4.78, 5) is 23.4. The minimum absolute atomic E-state index is 0.0229. The zero-order valence-corrected chi connectivity index (χ0v) is 12.4. The standard InChI is InChI=1S/C15H22N2O3/c1-5-20-10-13(18)16-11-7-6-8-12(9-11)17-14(19)15(2,3)4/h6-9H,5,10H2,1-4H3,(H,16,18)(H,17,19). The highest BCUT2D eigenvalue weighted by molar-refractivity contribution is 5.96. The Kier molecular flexibility index (Phi) is 5.70. The van der Waals surface area contributed by atoms with Crippen LogP contribution >= 0.6 is 0 Å². The van der Waals surface area contributed by atoms with Gasteiger partial charge in [0.1, 0.15) is 6.61 Å². The first-order valence-corrected chi connectivity index (χ1v) is 6.62. The van der Waals surface area contributed by atoms with Crippen LogP contribution < -0.4 is 10.6 Å². The van der Waals surface area contributed by atoms with Gasteiger partial charge in [0.2, 0.25) is 11.8 Å². The zero-order chi connectivity index (χ0) is 15.2. The molecule has 1 aromatic carbocycles. The molecule has 0 spiro atoms. The summed E-state index contributed by atoms with van der Waals surface area (Å²) in [5.41, 5.74) is 0.814. The van der Waals surface area contributed by atoms with Crippen molar-refractivity contribution in [2.24, 2.45) is 5.41 Å². The lowest BCUT2D eigenvalue weighted by Crippen LogP contribution is -2.27. The summed E-state index contributed by atoms with van der Waals surface area (Å²) in [6.45, 7) is 7.88. The van der Waals surface area contributed by atoms with Crippen LogP contribution in [0.15, 0.2) is 24.3 Å². The number of benzene rings is 1. The maximum Gasteiger partial charge on any atom is 0.250 e. The lowest BCUT2D eigenvalue weighted by atomic mass is 9.95. The second-order valence-corrected chi connectivity index (χ2v) is 5.47. The monoisotopic (exact) mass is 278 g/mol.